The molecule has 1 fully saturated rings. The van der Waals surface area contributed by atoms with Gasteiger partial charge in [-0.2, -0.15) is 14.6 Å². The fraction of sp³-hybridized carbons (Fsp3) is 0.423. The molecule has 196 valence electrons. The molecule has 0 radical (unpaired) electrons. The minimum atomic E-state index is -1.50. The van der Waals surface area contributed by atoms with Gasteiger partial charge in [0.05, 0.1) is 30.6 Å². The van der Waals surface area contributed by atoms with E-state index < -0.39 is 23.5 Å². The van der Waals surface area contributed by atoms with E-state index in [-0.39, 0.29) is 11.3 Å². The van der Waals surface area contributed by atoms with Crippen molar-refractivity contribution in [3.8, 4) is 11.1 Å². The van der Waals surface area contributed by atoms with Gasteiger partial charge in [0, 0.05) is 30.4 Å². The Labute approximate surface area is 213 Å². The van der Waals surface area contributed by atoms with Crippen LogP contribution in [0.3, 0.4) is 0 Å². The number of hydrogen-bond donors (Lipinski definition) is 2. The second kappa shape index (κ2) is 9.38. The van der Waals surface area contributed by atoms with Crippen molar-refractivity contribution in [3.05, 3.63) is 59.3 Å². The van der Waals surface area contributed by atoms with Crippen LogP contribution in [0.1, 0.15) is 44.0 Å². The lowest BCUT2D eigenvalue weighted by Gasteiger charge is -2.29. The third kappa shape index (κ3) is 4.76. The summed E-state index contributed by atoms with van der Waals surface area (Å²) in [5.41, 5.74) is 3.21. The number of benzene rings is 1. The van der Waals surface area contributed by atoms with Crippen LogP contribution >= 0.6 is 0 Å². The summed E-state index contributed by atoms with van der Waals surface area (Å²) in [4.78, 5) is 6.79. The highest BCUT2D eigenvalue weighted by molar-refractivity contribution is 5.78. The largest absolute Gasteiger partial charge is 0.378 e. The molecule has 3 aromatic heterocycles. The van der Waals surface area contributed by atoms with Gasteiger partial charge in [-0.3, -0.25) is 0 Å². The van der Waals surface area contributed by atoms with Crippen LogP contribution in [0.2, 0.25) is 0 Å². The van der Waals surface area contributed by atoms with Crippen molar-refractivity contribution < 1.29 is 18.6 Å². The zero-order valence-corrected chi connectivity index (χ0v) is 21.6. The van der Waals surface area contributed by atoms with Gasteiger partial charge in [-0.25, -0.2) is 18.6 Å². The number of aliphatic hydroxyl groups is 1. The Bertz CT molecular complexity index is 1450. The predicted molar refractivity (Wildman–Crippen MR) is 137 cm³/mol. The zero-order valence-electron chi connectivity index (χ0n) is 21.6. The minimum absolute atomic E-state index is 0.00806. The van der Waals surface area contributed by atoms with Crippen LogP contribution in [-0.2, 0) is 10.3 Å². The van der Waals surface area contributed by atoms with E-state index in [0.717, 1.165) is 30.0 Å². The van der Waals surface area contributed by atoms with E-state index in [0.29, 0.717) is 30.2 Å². The summed E-state index contributed by atoms with van der Waals surface area (Å²) in [6.45, 7) is 11.7. The molecule has 1 aliphatic rings. The number of hydrogen-bond acceptors (Lipinski definition) is 7. The highest BCUT2D eigenvalue weighted by Crippen LogP contribution is 2.34. The maximum Gasteiger partial charge on any atom is 0.235 e. The monoisotopic (exact) mass is 511 g/mol. The lowest BCUT2D eigenvalue weighted by molar-refractivity contribution is 0.123. The number of aliphatic hydroxyl groups excluding tert-OH is 1. The maximum atomic E-state index is 15.1. The average molecular weight is 512 g/mol. The Morgan fingerprint density at radius 1 is 1.11 bits per heavy atom. The summed E-state index contributed by atoms with van der Waals surface area (Å²) in [7, 11) is 0. The number of nitrogens with one attached hydrogen (secondary N) is 1. The van der Waals surface area contributed by atoms with Gasteiger partial charge >= 0.3 is 0 Å². The van der Waals surface area contributed by atoms with Crippen molar-refractivity contribution in [2.75, 3.05) is 36.5 Å². The summed E-state index contributed by atoms with van der Waals surface area (Å²) < 4.78 is 38.4. The third-order valence-electron chi connectivity index (χ3n) is 6.46. The Kier molecular flexibility index (Phi) is 6.36. The first-order chi connectivity index (χ1) is 17.5. The van der Waals surface area contributed by atoms with Gasteiger partial charge in [0.2, 0.25) is 5.95 Å². The molecule has 37 heavy (non-hydrogen) atoms. The maximum absolute atomic E-state index is 15.1. The third-order valence-corrected chi connectivity index (χ3v) is 6.46. The van der Waals surface area contributed by atoms with E-state index in [1.807, 2.05) is 40.0 Å². The number of halogens is 2. The summed E-state index contributed by atoms with van der Waals surface area (Å²) in [6.07, 6.45) is 1.63. The number of morpholine rings is 1. The Morgan fingerprint density at radius 3 is 2.51 bits per heavy atom. The molecule has 0 aliphatic carbocycles. The first kappa shape index (κ1) is 25.1. The van der Waals surface area contributed by atoms with Crippen LogP contribution < -0.4 is 10.2 Å². The molecule has 4 heterocycles. The molecule has 1 atom stereocenters. The van der Waals surface area contributed by atoms with Crippen molar-refractivity contribution >= 4 is 17.0 Å². The fourth-order valence-corrected chi connectivity index (χ4v) is 4.59. The summed E-state index contributed by atoms with van der Waals surface area (Å²) >= 11 is 0. The number of pyridine rings is 1. The van der Waals surface area contributed by atoms with E-state index in [1.165, 1.54) is 16.9 Å². The summed E-state index contributed by atoms with van der Waals surface area (Å²) in [5.74, 6) is -0.599. The van der Waals surface area contributed by atoms with Crippen LogP contribution in [0.5, 0.6) is 0 Å². The van der Waals surface area contributed by atoms with E-state index in [1.54, 1.807) is 17.5 Å². The smallest absolute Gasteiger partial charge is 0.235 e. The highest BCUT2D eigenvalue weighted by Gasteiger charge is 2.24. The van der Waals surface area contributed by atoms with Crippen LogP contribution in [-0.4, -0.2) is 55.8 Å². The molecule has 1 aliphatic heterocycles. The van der Waals surface area contributed by atoms with E-state index in [4.69, 9.17) is 4.74 Å². The molecule has 0 bridgehead atoms. The van der Waals surface area contributed by atoms with Crippen molar-refractivity contribution in [2.24, 2.45) is 0 Å². The second-order valence-corrected chi connectivity index (χ2v) is 10.3. The number of nitrogens with zero attached hydrogens (tertiary/aromatic N) is 6. The van der Waals surface area contributed by atoms with Gasteiger partial charge in [-0.15, -0.1) is 0 Å². The lowest BCUT2D eigenvalue weighted by Crippen LogP contribution is -2.36. The molecule has 11 heteroatoms. The van der Waals surface area contributed by atoms with Gasteiger partial charge in [-0.05, 0) is 63.9 Å². The SMILES string of the molecule is Cc1nc2c(N3CCOCC3)cc(-c3cc(C(O)Nc4cnn(C(C)(C)C)c4F)c(F)cc3C)cn2n1. The first-order valence-corrected chi connectivity index (χ1v) is 12.2. The van der Waals surface area contributed by atoms with Crippen molar-refractivity contribution in [1.82, 2.24) is 24.4 Å². The minimum Gasteiger partial charge on any atom is -0.378 e. The topological polar surface area (TPSA) is 92.7 Å². The van der Waals surface area contributed by atoms with Crippen molar-refractivity contribution in [2.45, 2.75) is 46.4 Å². The molecule has 0 spiro atoms. The van der Waals surface area contributed by atoms with E-state index in [9.17, 15) is 9.50 Å². The summed E-state index contributed by atoms with van der Waals surface area (Å²) in [5, 5.41) is 22.1. The van der Waals surface area contributed by atoms with Crippen LogP contribution in [0.25, 0.3) is 16.8 Å². The Balaban J connectivity index is 1.54. The quantitative estimate of drug-likeness (QED) is 0.388. The number of ether oxygens (including phenoxy) is 1. The van der Waals surface area contributed by atoms with Gasteiger partial charge in [0.15, 0.2) is 11.9 Å². The fourth-order valence-electron chi connectivity index (χ4n) is 4.59. The first-order valence-electron chi connectivity index (χ1n) is 12.2. The molecule has 5 rings (SSSR count). The Morgan fingerprint density at radius 2 is 1.84 bits per heavy atom. The van der Waals surface area contributed by atoms with E-state index in [2.05, 4.69) is 25.4 Å². The summed E-state index contributed by atoms with van der Waals surface area (Å²) in [6, 6.07) is 4.96. The molecule has 1 saturated heterocycles. The van der Waals surface area contributed by atoms with Crippen LogP contribution in [0.15, 0.2) is 30.6 Å². The molecule has 1 aromatic carbocycles. The number of aryl methyl sites for hydroxylation is 2. The zero-order chi connectivity index (χ0) is 26.5. The second-order valence-electron chi connectivity index (χ2n) is 10.3. The Hall–Kier alpha value is -3.57. The van der Waals surface area contributed by atoms with Gasteiger partial charge in [0.1, 0.15) is 17.3 Å². The number of anilines is 2. The molecular formula is C26H31F2N7O2. The number of fused-ring (bicyclic) bond motifs is 1. The molecule has 4 aromatic rings. The van der Waals surface area contributed by atoms with Crippen molar-refractivity contribution in [3.63, 3.8) is 0 Å². The highest BCUT2D eigenvalue weighted by atomic mass is 19.1. The molecular weight excluding hydrogens is 480 g/mol. The molecule has 2 N–H and O–H groups in total. The average Bonchev–Trinajstić information content (AvgIpc) is 3.40. The van der Waals surface area contributed by atoms with Crippen molar-refractivity contribution in [1.29, 1.82) is 0 Å². The predicted octanol–water partition coefficient (Wildman–Crippen LogP) is 4.18. The van der Waals surface area contributed by atoms with Gasteiger partial charge in [-0.1, -0.05) is 0 Å². The lowest BCUT2D eigenvalue weighted by atomic mass is 9.97. The molecule has 0 amide bonds. The molecule has 0 saturated carbocycles. The number of aromatic nitrogens is 5. The normalized spacial score (nSPS) is 15.4. The standard InChI is InChI=1S/C26H31F2N7O2/c1-15-10-20(27)19(25(36)31-21-13-29-35(23(21)28)26(3,4)5)12-18(15)17-11-22(33-6-8-37-9-7-33)24-30-16(2)32-34(24)14-17/h10-14,25,31,36H,6-9H2,1-5H3. The molecule has 1 unspecified atom stereocenters. The van der Waals surface area contributed by atoms with Crippen LogP contribution in [0, 0.1) is 25.6 Å². The molecule has 9 nitrogen and oxygen atoms in total. The van der Waals surface area contributed by atoms with Gasteiger partial charge in [0.25, 0.3) is 0 Å². The van der Waals surface area contributed by atoms with Crippen LogP contribution in [0.4, 0.5) is 20.2 Å². The number of rotatable bonds is 5. The van der Waals surface area contributed by atoms with Gasteiger partial charge < -0.3 is 20.1 Å². The van der Waals surface area contributed by atoms with E-state index >= 15 is 4.39 Å².